The Morgan fingerprint density at radius 3 is 2.48 bits per heavy atom. The number of ether oxygens (including phenoxy) is 1. The molecule has 1 atom stereocenters. The standard InChI is InChI=1S/C16H19NO4S2/c1-3-21-16(18)13(2)17(12-14-8-5-4-6-9-14)23(19,20)15-10-7-11-22-15/h4-11,13H,3,12H2,1-2H3. The van der Waals surface area contributed by atoms with Crippen LogP contribution in [0, 0.1) is 0 Å². The van der Waals surface area contributed by atoms with Crippen LogP contribution in [0.2, 0.25) is 0 Å². The number of hydrogen-bond acceptors (Lipinski definition) is 5. The number of nitrogens with zero attached hydrogens (tertiary/aromatic N) is 1. The SMILES string of the molecule is CCOC(=O)C(C)N(Cc1ccccc1)S(=O)(=O)c1cccs1. The van der Waals surface area contributed by atoms with Gasteiger partial charge in [0.2, 0.25) is 0 Å². The van der Waals surface area contributed by atoms with Crippen molar-refractivity contribution in [3.05, 3.63) is 53.4 Å². The number of thiophene rings is 1. The number of esters is 1. The fourth-order valence-corrected chi connectivity index (χ4v) is 4.79. The first-order valence-corrected chi connectivity index (χ1v) is 9.54. The lowest BCUT2D eigenvalue weighted by atomic mass is 10.2. The topological polar surface area (TPSA) is 63.7 Å². The molecule has 0 amide bonds. The predicted octanol–water partition coefficient (Wildman–Crippen LogP) is 2.89. The Morgan fingerprint density at radius 2 is 1.91 bits per heavy atom. The van der Waals surface area contributed by atoms with Crippen LogP contribution in [-0.4, -0.2) is 31.3 Å². The van der Waals surface area contributed by atoms with E-state index in [1.807, 2.05) is 30.3 Å². The highest BCUT2D eigenvalue weighted by atomic mass is 32.2. The van der Waals surface area contributed by atoms with Crippen LogP contribution in [0.3, 0.4) is 0 Å². The van der Waals surface area contributed by atoms with Crippen molar-refractivity contribution in [1.29, 1.82) is 0 Å². The van der Waals surface area contributed by atoms with Gasteiger partial charge in [0.15, 0.2) is 0 Å². The Bertz CT molecular complexity index is 727. The molecule has 0 fully saturated rings. The molecule has 2 aromatic rings. The van der Waals surface area contributed by atoms with Gasteiger partial charge in [0.25, 0.3) is 10.0 Å². The highest BCUT2D eigenvalue weighted by Crippen LogP contribution is 2.25. The molecule has 1 aromatic carbocycles. The number of hydrogen-bond donors (Lipinski definition) is 0. The Hall–Kier alpha value is -1.70. The summed E-state index contributed by atoms with van der Waals surface area (Å²) < 4.78 is 32.1. The van der Waals surface area contributed by atoms with E-state index in [2.05, 4.69) is 0 Å². The van der Waals surface area contributed by atoms with E-state index in [0.717, 1.165) is 16.9 Å². The summed E-state index contributed by atoms with van der Waals surface area (Å²) in [6.45, 7) is 3.56. The van der Waals surface area contributed by atoms with Crippen LogP contribution in [0.1, 0.15) is 19.4 Å². The van der Waals surface area contributed by atoms with Crippen molar-refractivity contribution in [3.63, 3.8) is 0 Å². The average Bonchev–Trinajstić information content (AvgIpc) is 3.08. The molecule has 0 radical (unpaired) electrons. The summed E-state index contributed by atoms with van der Waals surface area (Å²) in [6, 6.07) is 11.5. The maximum Gasteiger partial charge on any atom is 0.324 e. The molecule has 1 heterocycles. The zero-order valence-corrected chi connectivity index (χ0v) is 14.6. The lowest BCUT2D eigenvalue weighted by molar-refractivity contribution is -0.147. The van der Waals surface area contributed by atoms with Crippen LogP contribution in [0.5, 0.6) is 0 Å². The molecule has 1 aromatic heterocycles. The molecule has 0 saturated heterocycles. The number of sulfonamides is 1. The molecule has 1 unspecified atom stereocenters. The third-order valence-electron chi connectivity index (χ3n) is 3.30. The van der Waals surface area contributed by atoms with Gasteiger partial charge in [-0.3, -0.25) is 4.79 Å². The first-order chi connectivity index (χ1) is 11.0. The quantitative estimate of drug-likeness (QED) is 0.718. The molecule has 0 aliphatic carbocycles. The van der Waals surface area contributed by atoms with Gasteiger partial charge in [-0.1, -0.05) is 36.4 Å². The van der Waals surface area contributed by atoms with Crippen LogP contribution in [0.15, 0.2) is 52.1 Å². The monoisotopic (exact) mass is 353 g/mol. The van der Waals surface area contributed by atoms with E-state index in [0.29, 0.717) is 0 Å². The van der Waals surface area contributed by atoms with E-state index >= 15 is 0 Å². The molecule has 124 valence electrons. The second-order valence-corrected chi connectivity index (χ2v) is 7.96. The minimum Gasteiger partial charge on any atom is -0.465 e. The fourth-order valence-electron chi connectivity index (χ4n) is 2.10. The second-order valence-electron chi connectivity index (χ2n) is 4.90. The van der Waals surface area contributed by atoms with Gasteiger partial charge >= 0.3 is 5.97 Å². The first kappa shape index (κ1) is 17.7. The highest BCUT2D eigenvalue weighted by Gasteiger charge is 2.34. The molecule has 0 saturated carbocycles. The van der Waals surface area contributed by atoms with E-state index in [9.17, 15) is 13.2 Å². The molecule has 0 spiro atoms. The maximum atomic E-state index is 12.9. The van der Waals surface area contributed by atoms with Gasteiger partial charge in [-0.15, -0.1) is 11.3 Å². The number of carbonyl (C=O) groups is 1. The summed E-state index contributed by atoms with van der Waals surface area (Å²) in [5.74, 6) is -0.552. The van der Waals surface area contributed by atoms with Crippen molar-refractivity contribution < 1.29 is 17.9 Å². The highest BCUT2D eigenvalue weighted by molar-refractivity contribution is 7.91. The summed E-state index contributed by atoms with van der Waals surface area (Å²) in [5.41, 5.74) is 0.809. The van der Waals surface area contributed by atoms with Crippen molar-refractivity contribution >= 4 is 27.3 Å². The predicted molar refractivity (Wildman–Crippen MR) is 89.6 cm³/mol. The van der Waals surface area contributed by atoms with E-state index in [-0.39, 0.29) is 17.4 Å². The van der Waals surface area contributed by atoms with Gasteiger partial charge in [-0.25, -0.2) is 8.42 Å². The van der Waals surface area contributed by atoms with Crippen LogP contribution in [0.25, 0.3) is 0 Å². The lowest BCUT2D eigenvalue weighted by Crippen LogP contribution is -2.43. The van der Waals surface area contributed by atoms with Crippen molar-refractivity contribution in [2.75, 3.05) is 6.61 Å². The number of carbonyl (C=O) groups excluding carboxylic acids is 1. The Balaban J connectivity index is 2.37. The maximum absolute atomic E-state index is 12.9. The molecule has 0 aliphatic rings. The summed E-state index contributed by atoms with van der Waals surface area (Å²) in [4.78, 5) is 12.1. The van der Waals surface area contributed by atoms with Crippen molar-refractivity contribution in [3.8, 4) is 0 Å². The van der Waals surface area contributed by atoms with Gasteiger partial charge in [0.05, 0.1) is 6.61 Å². The molecule has 23 heavy (non-hydrogen) atoms. The minimum atomic E-state index is -3.77. The van der Waals surface area contributed by atoms with Crippen LogP contribution >= 0.6 is 11.3 Å². The normalized spacial score (nSPS) is 13.0. The Kier molecular flexibility index (Phi) is 5.92. The summed E-state index contributed by atoms with van der Waals surface area (Å²) in [5, 5.41) is 1.70. The minimum absolute atomic E-state index is 0.112. The Morgan fingerprint density at radius 1 is 1.22 bits per heavy atom. The van der Waals surface area contributed by atoms with Gasteiger partial charge in [0, 0.05) is 6.54 Å². The summed E-state index contributed by atoms with van der Waals surface area (Å²) in [6.07, 6.45) is 0. The lowest BCUT2D eigenvalue weighted by Gasteiger charge is -2.26. The van der Waals surface area contributed by atoms with E-state index in [1.165, 1.54) is 10.4 Å². The molecular weight excluding hydrogens is 334 g/mol. The van der Waals surface area contributed by atoms with Gasteiger partial charge in [-0.05, 0) is 30.9 Å². The summed E-state index contributed by atoms with van der Waals surface area (Å²) >= 11 is 1.13. The van der Waals surface area contributed by atoms with Crippen molar-refractivity contribution in [2.45, 2.75) is 30.6 Å². The number of rotatable bonds is 7. The molecular formula is C16H19NO4S2. The Labute approximate surface area is 140 Å². The van der Waals surface area contributed by atoms with Gasteiger partial charge in [-0.2, -0.15) is 4.31 Å². The largest absolute Gasteiger partial charge is 0.465 e. The molecule has 0 N–H and O–H groups in total. The molecule has 7 heteroatoms. The van der Waals surface area contributed by atoms with E-state index < -0.39 is 22.0 Å². The van der Waals surface area contributed by atoms with Crippen molar-refractivity contribution in [2.24, 2.45) is 0 Å². The zero-order chi connectivity index (χ0) is 16.9. The third-order valence-corrected chi connectivity index (χ3v) is 6.59. The van der Waals surface area contributed by atoms with E-state index in [1.54, 1.807) is 25.3 Å². The van der Waals surface area contributed by atoms with Crippen LogP contribution in [0.4, 0.5) is 0 Å². The molecule has 0 bridgehead atoms. The zero-order valence-electron chi connectivity index (χ0n) is 13.0. The van der Waals surface area contributed by atoms with Crippen molar-refractivity contribution in [1.82, 2.24) is 4.31 Å². The van der Waals surface area contributed by atoms with Gasteiger partial charge < -0.3 is 4.74 Å². The van der Waals surface area contributed by atoms with Crippen LogP contribution in [-0.2, 0) is 26.1 Å². The fraction of sp³-hybridized carbons (Fsp3) is 0.312. The second kappa shape index (κ2) is 7.72. The molecule has 0 aliphatic heterocycles. The smallest absolute Gasteiger partial charge is 0.324 e. The summed E-state index contributed by atoms with van der Waals surface area (Å²) in [7, 11) is -3.77. The van der Waals surface area contributed by atoms with E-state index in [4.69, 9.17) is 4.74 Å². The first-order valence-electron chi connectivity index (χ1n) is 7.22. The number of benzene rings is 1. The van der Waals surface area contributed by atoms with Crippen LogP contribution < -0.4 is 0 Å². The third kappa shape index (κ3) is 4.19. The molecule has 5 nitrogen and oxygen atoms in total. The average molecular weight is 353 g/mol. The van der Waals surface area contributed by atoms with Gasteiger partial charge in [0.1, 0.15) is 10.3 Å². The molecule has 2 rings (SSSR count).